The molecule has 0 aromatic carbocycles. The summed E-state index contributed by atoms with van der Waals surface area (Å²) in [5.41, 5.74) is 5.89. The van der Waals surface area contributed by atoms with E-state index in [4.69, 9.17) is 10.2 Å². The maximum absolute atomic E-state index is 11.3. The molecule has 0 saturated heterocycles. The van der Waals surface area contributed by atoms with E-state index in [1.165, 1.54) is 7.11 Å². The minimum Gasteiger partial charge on any atom is -0.465 e. The van der Waals surface area contributed by atoms with Gasteiger partial charge in [0.1, 0.15) is 17.1 Å². The first-order chi connectivity index (χ1) is 8.19. The fourth-order valence-corrected chi connectivity index (χ4v) is 1.55. The van der Waals surface area contributed by atoms with Gasteiger partial charge in [-0.3, -0.25) is 0 Å². The van der Waals surface area contributed by atoms with Gasteiger partial charge < -0.3 is 20.2 Å². The molecule has 0 radical (unpaired) electrons. The second kappa shape index (κ2) is 7.09. The van der Waals surface area contributed by atoms with Gasteiger partial charge in [0.15, 0.2) is 0 Å². The van der Waals surface area contributed by atoms with Crippen LogP contribution in [0.3, 0.4) is 0 Å². The summed E-state index contributed by atoms with van der Waals surface area (Å²) in [6, 6.07) is 1.72. The molecule has 0 spiro atoms. The molecule has 96 valence electrons. The zero-order valence-electron chi connectivity index (χ0n) is 10.4. The van der Waals surface area contributed by atoms with Gasteiger partial charge in [0.25, 0.3) is 0 Å². The molecule has 0 aliphatic rings. The maximum atomic E-state index is 11.3. The zero-order valence-corrected chi connectivity index (χ0v) is 10.4. The Hall–Kier alpha value is -1.33. The highest BCUT2D eigenvalue weighted by Crippen LogP contribution is 2.15. The molecule has 0 fully saturated rings. The predicted octanol–water partition coefficient (Wildman–Crippen LogP) is 1.20. The summed E-state index contributed by atoms with van der Waals surface area (Å²) in [7, 11) is 1.36. The van der Waals surface area contributed by atoms with Crippen molar-refractivity contribution in [2.45, 2.75) is 26.3 Å². The molecule has 0 aliphatic heterocycles. The number of hydrogen-bond acceptors (Lipinski definition) is 5. The Kier molecular flexibility index (Phi) is 5.72. The van der Waals surface area contributed by atoms with Gasteiger partial charge in [-0.05, 0) is 38.9 Å². The van der Waals surface area contributed by atoms with Crippen LogP contribution in [0, 0.1) is 6.92 Å². The summed E-state index contributed by atoms with van der Waals surface area (Å²) in [4.78, 5) is 11.3. The molecular formula is C12H20N2O3. The Labute approximate surface area is 101 Å². The van der Waals surface area contributed by atoms with Gasteiger partial charge in [0, 0.05) is 0 Å². The van der Waals surface area contributed by atoms with Crippen LogP contribution in [0.5, 0.6) is 0 Å². The van der Waals surface area contributed by atoms with Crippen molar-refractivity contribution in [1.82, 2.24) is 5.32 Å². The first-order valence-electron chi connectivity index (χ1n) is 5.77. The van der Waals surface area contributed by atoms with Crippen molar-refractivity contribution in [2.24, 2.45) is 5.73 Å². The van der Waals surface area contributed by atoms with Gasteiger partial charge in [0.2, 0.25) is 0 Å². The van der Waals surface area contributed by atoms with Crippen LogP contribution in [0.4, 0.5) is 0 Å². The van der Waals surface area contributed by atoms with Crippen molar-refractivity contribution in [2.75, 3.05) is 20.2 Å². The van der Waals surface area contributed by atoms with Crippen LogP contribution in [0.15, 0.2) is 10.5 Å². The predicted molar refractivity (Wildman–Crippen MR) is 64.8 cm³/mol. The molecule has 0 unspecified atom stereocenters. The van der Waals surface area contributed by atoms with E-state index in [-0.39, 0.29) is 5.97 Å². The highest BCUT2D eigenvalue weighted by Gasteiger charge is 2.14. The minimum absolute atomic E-state index is 0.361. The zero-order chi connectivity index (χ0) is 12.7. The number of hydrogen-bond donors (Lipinski definition) is 2. The Morgan fingerprint density at radius 2 is 2.29 bits per heavy atom. The highest BCUT2D eigenvalue weighted by molar-refractivity contribution is 5.90. The second-order valence-electron chi connectivity index (χ2n) is 3.85. The van der Waals surface area contributed by atoms with Crippen molar-refractivity contribution in [3.8, 4) is 0 Å². The van der Waals surface area contributed by atoms with Crippen LogP contribution >= 0.6 is 0 Å². The average molecular weight is 240 g/mol. The lowest BCUT2D eigenvalue weighted by molar-refractivity contribution is 0.0599. The molecule has 1 heterocycles. The molecule has 0 atom stereocenters. The third kappa shape index (κ3) is 4.20. The standard InChI is InChI=1S/C12H20N2O3/c1-9-11(12(15)16-2)7-10(17-9)8-14-6-4-3-5-13/h7,14H,3-6,8,13H2,1-2H3. The van der Waals surface area contributed by atoms with Gasteiger partial charge in [-0.2, -0.15) is 0 Å². The van der Waals surface area contributed by atoms with Crippen molar-refractivity contribution >= 4 is 5.97 Å². The number of ether oxygens (including phenoxy) is 1. The number of aryl methyl sites for hydroxylation is 1. The number of rotatable bonds is 7. The van der Waals surface area contributed by atoms with Crippen LogP contribution in [-0.2, 0) is 11.3 Å². The van der Waals surface area contributed by atoms with E-state index in [9.17, 15) is 4.79 Å². The SMILES string of the molecule is COC(=O)c1cc(CNCCCCN)oc1C. The van der Waals surface area contributed by atoms with Crippen LogP contribution in [0.25, 0.3) is 0 Å². The van der Waals surface area contributed by atoms with Gasteiger partial charge in [-0.15, -0.1) is 0 Å². The third-order valence-electron chi connectivity index (χ3n) is 2.48. The number of methoxy groups -OCH3 is 1. The highest BCUT2D eigenvalue weighted by atomic mass is 16.5. The number of furan rings is 1. The summed E-state index contributed by atoms with van der Waals surface area (Å²) in [5.74, 6) is 0.979. The quantitative estimate of drug-likeness (QED) is 0.553. The Balaban J connectivity index is 2.42. The number of nitrogens with one attached hydrogen (secondary N) is 1. The van der Waals surface area contributed by atoms with E-state index in [1.54, 1.807) is 13.0 Å². The summed E-state index contributed by atoms with van der Waals surface area (Å²) in [6.45, 7) is 3.98. The lowest BCUT2D eigenvalue weighted by Gasteiger charge is -2.00. The van der Waals surface area contributed by atoms with E-state index < -0.39 is 0 Å². The van der Waals surface area contributed by atoms with Crippen molar-refractivity contribution in [1.29, 1.82) is 0 Å². The summed E-state index contributed by atoms with van der Waals surface area (Å²) >= 11 is 0. The number of unbranched alkanes of at least 4 members (excludes halogenated alkanes) is 1. The Morgan fingerprint density at radius 3 is 2.94 bits per heavy atom. The van der Waals surface area contributed by atoms with Gasteiger partial charge >= 0.3 is 5.97 Å². The monoisotopic (exact) mass is 240 g/mol. The fourth-order valence-electron chi connectivity index (χ4n) is 1.55. The van der Waals surface area contributed by atoms with Gasteiger partial charge in [-0.1, -0.05) is 0 Å². The first kappa shape index (κ1) is 13.7. The minimum atomic E-state index is -0.361. The molecule has 5 heteroatoms. The summed E-state index contributed by atoms with van der Waals surface area (Å²) in [5, 5.41) is 3.23. The molecule has 5 nitrogen and oxygen atoms in total. The summed E-state index contributed by atoms with van der Waals surface area (Å²) in [6.07, 6.45) is 2.05. The lowest BCUT2D eigenvalue weighted by atomic mass is 10.2. The molecule has 0 bridgehead atoms. The van der Waals surface area contributed by atoms with Gasteiger partial charge in [-0.25, -0.2) is 4.79 Å². The number of carbonyl (C=O) groups excluding carboxylic acids is 1. The average Bonchev–Trinajstić information content (AvgIpc) is 2.69. The van der Waals surface area contributed by atoms with Crippen LogP contribution in [-0.4, -0.2) is 26.2 Å². The smallest absolute Gasteiger partial charge is 0.341 e. The van der Waals surface area contributed by atoms with E-state index in [0.29, 0.717) is 24.4 Å². The first-order valence-corrected chi connectivity index (χ1v) is 5.77. The topological polar surface area (TPSA) is 77.5 Å². The molecule has 0 aliphatic carbocycles. The van der Waals surface area contributed by atoms with Crippen molar-refractivity contribution in [3.05, 3.63) is 23.2 Å². The lowest BCUT2D eigenvalue weighted by Crippen LogP contribution is -2.15. The molecule has 1 aromatic rings. The van der Waals surface area contributed by atoms with E-state index in [2.05, 4.69) is 10.1 Å². The van der Waals surface area contributed by atoms with E-state index >= 15 is 0 Å². The van der Waals surface area contributed by atoms with Gasteiger partial charge in [0.05, 0.1) is 13.7 Å². The molecule has 3 N–H and O–H groups in total. The number of esters is 1. The van der Waals surface area contributed by atoms with E-state index in [0.717, 1.165) is 25.1 Å². The summed E-state index contributed by atoms with van der Waals surface area (Å²) < 4.78 is 10.1. The molecular weight excluding hydrogens is 220 g/mol. The second-order valence-corrected chi connectivity index (χ2v) is 3.85. The van der Waals surface area contributed by atoms with Crippen molar-refractivity contribution < 1.29 is 13.9 Å². The normalized spacial score (nSPS) is 10.5. The molecule has 1 rings (SSSR count). The third-order valence-corrected chi connectivity index (χ3v) is 2.48. The van der Waals surface area contributed by atoms with Crippen molar-refractivity contribution in [3.63, 3.8) is 0 Å². The largest absolute Gasteiger partial charge is 0.465 e. The van der Waals surface area contributed by atoms with Crippen LogP contribution < -0.4 is 11.1 Å². The molecule has 17 heavy (non-hydrogen) atoms. The Morgan fingerprint density at radius 1 is 1.53 bits per heavy atom. The molecule has 0 amide bonds. The Bertz CT molecular complexity index is 361. The van der Waals surface area contributed by atoms with E-state index in [1.807, 2.05) is 0 Å². The molecule has 0 saturated carbocycles. The fraction of sp³-hybridized carbons (Fsp3) is 0.583. The maximum Gasteiger partial charge on any atom is 0.341 e. The number of carbonyl (C=O) groups is 1. The molecule has 1 aromatic heterocycles. The van der Waals surface area contributed by atoms with Crippen LogP contribution in [0.2, 0.25) is 0 Å². The van der Waals surface area contributed by atoms with Crippen LogP contribution in [0.1, 0.15) is 34.7 Å². The number of nitrogens with two attached hydrogens (primary N) is 1.